The van der Waals surface area contributed by atoms with Crippen LogP contribution in [0.15, 0.2) is 58.8 Å². The monoisotopic (exact) mass is 461 g/mol. The first-order valence-electron chi connectivity index (χ1n) is 9.46. The summed E-state index contributed by atoms with van der Waals surface area (Å²) in [4.78, 5) is 9.43. The Bertz CT molecular complexity index is 1080. The van der Waals surface area contributed by atoms with Crippen molar-refractivity contribution in [3.05, 3.63) is 66.0 Å². The lowest BCUT2D eigenvalue weighted by atomic mass is 10.2. The van der Waals surface area contributed by atoms with E-state index in [1.54, 1.807) is 43.3 Å². The molecule has 11 heteroatoms. The number of oxime groups is 1. The molecule has 0 radical (unpaired) electrons. The molecule has 2 heterocycles. The average molecular weight is 461 g/mol. The van der Waals surface area contributed by atoms with Gasteiger partial charge in [0.1, 0.15) is 11.6 Å². The van der Waals surface area contributed by atoms with E-state index in [9.17, 15) is 8.78 Å². The summed E-state index contributed by atoms with van der Waals surface area (Å²) in [5, 5.41) is 14.7. The maximum Gasteiger partial charge on any atom is 0.175 e. The molecular formula is C21H21F2N5O3S. The second kappa shape index (κ2) is 11.3. The Morgan fingerprint density at radius 2 is 2.00 bits per heavy atom. The third-order valence-electron chi connectivity index (χ3n) is 4.12. The molecule has 3 rings (SSSR count). The number of pyridine rings is 2. The second-order valence-electron chi connectivity index (χ2n) is 6.43. The molecule has 0 saturated carbocycles. The van der Waals surface area contributed by atoms with Gasteiger partial charge in [0.25, 0.3) is 0 Å². The molecule has 2 aromatic heterocycles. The van der Waals surface area contributed by atoms with Crippen molar-refractivity contribution < 1.29 is 23.5 Å². The van der Waals surface area contributed by atoms with Crippen LogP contribution in [0, 0.1) is 11.6 Å². The number of hydrogen-bond donors (Lipinski definition) is 3. The van der Waals surface area contributed by atoms with Crippen molar-refractivity contribution in [3.8, 4) is 11.5 Å². The zero-order valence-electron chi connectivity index (χ0n) is 17.1. The number of nitrogens with two attached hydrogens (primary N) is 1. The number of ether oxygens (including phenoxy) is 2. The largest absolute Gasteiger partial charge is 0.453 e. The number of halogens is 2. The van der Waals surface area contributed by atoms with Gasteiger partial charge in [0.2, 0.25) is 0 Å². The minimum Gasteiger partial charge on any atom is -0.453 e. The minimum absolute atomic E-state index is 0.0700. The number of anilines is 2. The van der Waals surface area contributed by atoms with E-state index in [1.807, 2.05) is 0 Å². The molecule has 32 heavy (non-hydrogen) atoms. The molecule has 168 valence electrons. The number of amidine groups is 1. The number of nitrogens with one attached hydrogen (secondary N) is 1. The van der Waals surface area contributed by atoms with Gasteiger partial charge in [-0.15, -0.1) is 11.8 Å². The molecule has 0 aliphatic rings. The van der Waals surface area contributed by atoms with Crippen LogP contribution >= 0.6 is 11.8 Å². The molecule has 4 N–H and O–H groups in total. The van der Waals surface area contributed by atoms with Gasteiger partial charge in [-0.3, -0.25) is 0 Å². The van der Waals surface area contributed by atoms with Gasteiger partial charge in [-0.1, -0.05) is 5.16 Å². The summed E-state index contributed by atoms with van der Waals surface area (Å²) in [5.41, 5.74) is 5.98. The van der Waals surface area contributed by atoms with E-state index in [1.165, 1.54) is 12.3 Å². The average Bonchev–Trinajstić information content (AvgIpc) is 2.80. The summed E-state index contributed by atoms with van der Waals surface area (Å²) in [6.45, 7) is 0.644. The molecule has 0 bridgehead atoms. The van der Waals surface area contributed by atoms with E-state index in [0.29, 0.717) is 29.6 Å². The van der Waals surface area contributed by atoms with Crippen LogP contribution in [0.4, 0.5) is 20.4 Å². The summed E-state index contributed by atoms with van der Waals surface area (Å²) < 4.78 is 37.8. The van der Waals surface area contributed by atoms with Gasteiger partial charge in [0.05, 0.1) is 0 Å². The minimum atomic E-state index is -1.02. The van der Waals surface area contributed by atoms with Crippen LogP contribution in [-0.2, 0) is 4.74 Å². The van der Waals surface area contributed by atoms with E-state index in [-0.39, 0.29) is 11.6 Å². The van der Waals surface area contributed by atoms with Crippen molar-refractivity contribution in [3.63, 3.8) is 0 Å². The van der Waals surface area contributed by atoms with Crippen molar-refractivity contribution in [2.45, 2.75) is 11.3 Å². The highest BCUT2D eigenvalue weighted by Gasteiger charge is 2.12. The fourth-order valence-electron chi connectivity index (χ4n) is 2.54. The Balaban J connectivity index is 1.85. The number of nitrogens with zero attached hydrogens (tertiary/aromatic N) is 3. The normalized spacial score (nSPS) is 11.4. The van der Waals surface area contributed by atoms with E-state index in [0.717, 1.165) is 29.2 Å². The standard InChI is InChI=1S/C21H21F2N5O3S/c1-30-7-2-8-32-15-10-18(31-14-4-5-16(22)17(23)9-14)21(26-12-15)27-19-6-3-13(11-25-19)20(24)28-29/h3-6,9-12,29H,2,7-8H2,1H3,(H2,24,28)(H,25,26,27). The topological polar surface area (TPSA) is 115 Å². The SMILES string of the molecule is COCCCSc1cnc(Nc2ccc(/C(N)=N/O)cn2)c(Oc2ccc(F)c(F)c2)c1. The summed E-state index contributed by atoms with van der Waals surface area (Å²) in [6, 6.07) is 8.25. The first-order chi connectivity index (χ1) is 15.5. The van der Waals surface area contributed by atoms with Crippen LogP contribution in [-0.4, -0.2) is 40.5 Å². The first-order valence-corrected chi connectivity index (χ1v) is 10.4. The van der Waals surface area contributed by atoms with E-state index >= 15 is 0 Å². The Morgan fingerprint density at radius 3 is 2.69 bits per heavy atom. The maximum absolute atomic E-state index is 13.6. The maximum atomic E-state index is 13.6. The summed E-state index contributed by atoms with van der Waals surface area (Å²) in [5.74, 6) is -0.0895. The van der Waals surface area contributed by atoms with Gasteiger partial charge in [0.15, 0.2) is 29.0 Å². The van der Waals surface area contributed by atoms with Crippen molar-refractivity contribution >= 4 is 29.2 Å². The fourth-order valence-corrected chi connectivity index (χ4v) is 3.35. The highest BCUT2D eigenvalue weighted by atomic mass is 32.2. The summed E-state index contributed by atoms with van der Waals surface area (Å²) in [7, 11) is 1.64. The van der Waals surface area contributed by atoms with Crippen LogP contribution < -0.4 is 15.8 Å². The molecule has 3 aromatic rings. The zero-order chi connectivity index (χ0) is 22.9. The predicted octanol–water partition coefficient (Wildman–Crippen LogP) is 4.51. The molecule has 0 fully saturated rings. The van der Waals surface area contributed by atoms with Crippen LogP contribution in [0.1, 0.15) is 12.0 Å². The molecular weight excluding hydrogens is 440 g/mol. The van der Waals surface area contributed by atoms with Crippen molar-refractivity contribution in [1.82, 2.24) is 9.97 Å². The van der Waals surface area contributed by atoms with Gasteiger partial charge in [-0.2, -0.15) is 0 Å². The fraction of sp³-hybridized carbons (Fsp3) is 0.190. The molecule has 0 amide bonds. The third kappa shape index (κ3) is 6.28. The number of aromatic nitrogens is 2. The van der Waals surface area contributed by atoms with Crippen LogP contribution in [0.25, 0.3) is 0 Å². The molecule has 8 nitrogen and oxygen atoms in total. The molecule has 0 unspecified atom stereocenters. The van der Waals surface area contributed by atoms with Gasteiger partial charge in [0, 0.05) is 48.4 Å². The van der Waals surface area contributed by atoms with Crippen LogP contribution in [0.5, 0.6) is 11.5 Å². The molecule has 0 aliphatic heterocycles. The number of rotatable bonds is 10. The van der Waals surface area contributed by atoms with Crippen molar-refractivity contribution in [2.24, 2.45) is 10.9 Å². The van der Waals surface area contributed by atoms with Crippen molar-refractivity contribution in [1.29, 1.82) is 0 Å². The van der Waals surface area contributed by atoms with E-state index in [4.69, 9.17) is 20.4 Å². The van der Waals surface area contributed by atoms with Gasteiger partial charge in [-0.25, -0.2) is 18.7 Å². The van der Waals surface area contributed by atoms with Gasteiger partial charge < -0.3 is 25.7 Å². The highest BCUT2D eigenvalue weighted by molar-refractivity contribution is 7.99. The van der Waals surface area contributed by atoms with Gasteiger partial charge in [-0.05, 0) is 36.8 Å². The van der Waals surface area contributed by atoms with Crippen LogP contribution in [0.3, 0.4) is 0 Å². The lowest BCUT2D eigenvalue weighted by Crippen LogP contribution is -2.13. The summed E-state index contributed by atoms with van der Waals surface area (Å²) in [6.07, 6.45) is 3.95. The second-order valence-corrected chi connectivity index (χ2v) is 7.60. The van der Waals surface area contributed by atoms with Gasteiger partial charge >= 0.3 is 0 Å². The number of methoxy groups -OCH3 is 1. The quantitative estimate of drug-likeness (QED) is 0.101. The lowest BCUT2D eigenvalue weighted by molar-refractivity contribution is 0.200. The first kappa shape index (κ1) is 23.2. The molecule has 1 aromatic carbocycles. The van der Waals surface area contributed by atoms with Crippen LogP contribution in [0.2, 0.25) is 0 Å². The molecule has 0 aliphatic carbocycles. The number of benzene rings is 1. The Hall–Kier alpha value is -3.44. The predicted molar refractivity (Wildman–Crippen MR) is 118 cm³/mol. The number of hydrogen-bond acceptors (Lipinski definition) is 8. The number of thioether (sulfide) groups is 1. The Morgan fingerprint density at radius 1 is 1.16 bits per heavy atom. The molecule has 0 spiro atoms. The van der Waals surface area contributed by atoms with E-state index in [2.05, 4.69) is 20.4 Å². The molecule has 0 atom stereocenters. The smallest absolute Gasteiger partial charge is 0.175 e. The Kier molecular flexibility index (Phi) is 8.17. The molecule has 0 saturated heterocycles. The van der Waals surface area contributed by atoms with E-state index < -0.39 is 11.6 Å². The highest BCUT2D eigenvalue weighted by Crippen LogP contribution is 2.34. The van der Waals surface area contributed by atoms with Crippen molar-refractivity contribution in [2.75, 3.05) is 24.8 Å². The third-order valence-corrected chi connectivity index (χ3v) is 5.17. The Labute approximate surface area is 187 Å². The zero-order valence-corrected chi connectivity index (χ0v) is 17.9. The summed E-state index contributed by atoms with van der Waals surface area (Å²) >= 11 is 1.56. The lowest BCUT2D eigenvalue weighted by Gasteiger charge is -2.14.